The van der Waals surface area contributed by atoms with Gasteiger partial charge in [0.15, 0.2) is 0 Å². The molecule has 0 bridgehead atoms. The van der Waals surface area contributed by atoms with E-state index in [9.17, 15) is 0 Å². The molecule has 0 radical (unpaired) electrons. The molecule has 1 aromatic rings. The number of aromatic nitrogens is 2. The van der Waals surface area contributed by atoms with Gasteiger partial charge in [0.25, 0.3) is 0 Å². The second-order valence-corrected chi connectivity index (χ2v) is 4.95. The van der Waals surface area contributed by atoms with E-state index in [2.05, 4.69) is 16.9 Å². The van der Waals surface area contributed by atoms with Crippen molar-refractivity contribution in [3.05, 3.63) is 17.0 Å². The summed E-state index contributed by atoms with van der Waals surface area (Å²) in [5, 5.41) is 0.481. The van der Waals surface area contributed by atoms with Gasteiger partial charge in [0.2, 0.25) is 5.88 Å². The van der Waals surface area contributed by atoms with Crippen LogP contribution < -0.4 is 4.74 Å². The molecule has 0 N–H and O–H groups in total. The molecule has 1 saturated carbocycles. The molecule has 0 unspecified atom stereocenters. The molecule has 2 rings (SSSR count). The van der Waals surface area contributed by atoms with Crippen molar-refractivity contribution in [2.24, 2.45) is 5.92 Å². The van der Waals surface area contributed by atoms with E-state index in [1.807, 2.05) is 6.92 Å². The fraction of sp³-hybridized carbons (Fsp3) is 0.667. The van der Waals surface area contributed by atoms with E-state index in [1.54, 1.807) is 0 Å². The quantitative estimate of drug-likeness (QED) is 0.744. The minimum Gasteiger partial charge on any atom is -0.474 e. The van der Waals surface area contributed by atoms with Crippen molar-refractivity contribution in [2.75, 3.05) is 0 Å². The maximum atomic E-state index is 5.92. The number of hydrogen-bond donors (Lipinski definition) is 0. The molecule has 0 spiro atoms. The highest BCUT2D eigenvalue weighted by Crippen LogP contribution is 2.28. The van der Waals surface area contributed by atoms with E-state index in [4.69, 9.17) is 16.3 Å². The first-order valence-electron chi connectivity index (χ1n) is 5.80. The molecule has 16 heavy (non-hydrogen) atoms. The Morgan fingerprint density at radius 3 is 2.62 bits per heavy atom. The first-order valence-corrected chi connectivity index (χ1v) is 6.18. The molecule has 0 saturated heterocycles. The van der Waals surface area contributed by atoms with Crippen molar-refractivity contribution >= 4 is 11.6 Å². The van der Waals surface area contributed by atoms with Crippen LogP contribution in [0.4, 0.5) is 0 Å². The standard InChI is InChI=1S/C12H17ClN2O/c1-8-3-5-10(6-4-8)16-12-9(2)11(13)14-7-15-12/h7-8,10H,3-6H2,1-2H3. The van der Waals surface area contributed by atoms with Gasteiger partial charge in [0.05, 0.1) is 0 Å². The number of rotatable bonds is 2. The summed E-state index contributed by atoms with van der Waals surface area (Å²) in [5.74, 6) is 1.47. The summed E-state index contributed by atoms with van der Waals surface area (Å²) in [6.45, 7) is 4.19. The summed E-state index contributed by atoms with van der Waals surface area (Å²) in [6.07, 6.45) is 6.45. The van der Waals surface area contributed by atoms with Crippen LogP contribution in [0, 0.1) is 12.8 Å². The zero-order valence-corrected chi connectivity index (χ0v) is 10.5. The Kier molecular flexibility index (Phi) is 3.64. The normalized spacial score (nSPS) is 25.4. The van der Waals surface area contributed by atoms with Gasteiger partial charge in [-0.05, 0) is 38.5 Å². The Balaban J connectivity index is 2.01. The van der Waals surface area contributed by atoms with Crippen molar-refractivity contribution in [1.82, 2.24) is 9.97 Å². The zero-order valence-electron chi connectivity index (χ0n) is 9.74. The molecule has 1 aromatic heterocycles. The van der Waals surface area contributed by atoms with E-state index in [0.29, 0.717) is 17.1 Å². The zero-order chi connectivity index (χ0) is 11.5. The first kappa shape index (κ1) is 11.6. The predicted molar refractivity (Wildman–Crippen MR) is 63.8 cm³/mol. The largest absolute Gasteiger partial charge is 0.474 e. The summed E-state index contributed by atoms with van der Waals surface area (Å²) in [4.78, 5) is 8.05. The molecule has 1 aliphatic carbocycles. The van der Waals surface area contributed by atoms with Gasteiger partial charge < -0.3 is 4.74 Å². The lowest BCUT2D eigenvalue weighted by Gasteiger charge is -2.26. The lowest BCUT2D eigenvalue weighted by atomic mass is 9.89. The van der Waals surface area contributed by atoms with Crippen LogP contribution in [0.3, 0.4) is 0 Å². The van der Waals surface area contributed by atoms with Gasteiger partial charge in [0, 0.05) is 5.56 Å². The molecule has 0 amide bonds. The Morgan fingerprint density at radius 1 is 1.25 bits per heavy atom. The van der Waals surface area contributed by atoms with Crippen molar-refractivity contribution in [2.45, 2.75) is 45.6 Å². The highest BCUT2D eigenvalue weighted by Gasteiger charge is 2.20. The summed E-state index contributed by atoms with van der Waals surface area (Å²) >= 11 is 5.92. The number of nitrogens with zero attached hydrogens (tertiary/aromatic N) is 2. The van der Waals surface area contributed by atoms with Gasteiger partial charge in [-0.15, -0.1) is 0 Å². The molecule has 1 aliphatic rings. The topological polar surface area (TPSA) is 35.0 Å². The monoisotopic (exact) mass is 240 g/mol. The number of hydrogen-bond acceptors (Lipinski definition) is 3. The van der Waals surface area contributed by atoms with E-state index in [1.165, 1.54) is 19.2 Å². The van der Waals surface area contributed by atoms with Gasteiger partial charge >= 0.3 is 0 Å². The van der Waals surface area contributed by atoms with E-state index >= 15 is 0 Å². The van der Waals surface area contributed by atoms with Crippen molar-refractivity contribution < 1.29 is 4.74 Å². The van der Waals surface area contributed by atoms with Crippen LogP contribution in [-0.4, -0.2) is 16.1 Å². The Labute approximate surface area is 101 Å². The molecular formula is C12H17ClN2O. The number of halogens is 1. The fourth-order valence-corrected chi connectivity index (χ4v) is 2.16. The van der Waals surface area contributed by atoms with Gasteiger partial charge in [-0.1, -0.05) is 18.5 Å². The Bertz CT molecular complexity index is 362. The summed E-state index contributed by atoms with van der Waals surface area (Å²) < 4.78 is 5.88. The third-order valence-corrected chi connectivity index (χ3v) is 3.60. The second-order valence-electron chi connectivity index (χ2n) is 4.59. The predicted octanol–water partition coefficient (Wildman–Crippen LogP) is 3.40. The number of ether oxygens (including phenoxy) is 1. The maximum absolute atomic E-state index is 5.92. The third-order valence-electron chi connectivity index (χ3n) is 3.22. The van der Waals surface area contributed by atoms with Crippen LogP contribution in [0.15, 0.2) is 6.33 Å². The molecule has 4 heteroatoms. The third kappa shape index (κ3) is 2.64. The van der Waals surface area contributed by atoms with Crippen LogP contribution in [0.25, 0.3) is 0 Å². The second kappa shape index (κ2) is 5.00. The fourth-order valence-electron chi connectivity index (χ4n) is 2.04. The summed E-state index contributed by atoms with van der Waals surface area (Å²) in [5.41, 5.74) is 0.836. The Hall–Kier alpha value is -0.830. The van der Waals surface area contributed by atoms with Crippen LogP contribution in [0.5, 0.6) is 5.88 Å². The van der Waals surface area contributed by atoms with E-state index < -0.39 is 0 Å². The average Bonchev–Trinajstić information content (AvgIpc) is 2.28. The SMILES string of the molecule is Cc1c(Cl)ncnc1OC1CCC(C)CC1. The van der Waals surface area contributed by atoms with Crippen LogP contribution >= 0.6 is 11.6 Å². The summed E-state index contributed by atoms with van der Waals surface area (Å²) in [6, 6.07) is 0. The minimum absolute atomic E-state index is 0.292. The molecule has 0 atom stereocenters. The lowest BCUT2D eigenvalue weighted by molar-refractivity contribution is 0.129. The molecular weight excluding hydrogens is 224 g/mol. The van der Waals surface area contributed by atoms with Crippen LogP contribution in [0.1, 0.15) is 38.2 Å². The summed E-state index contributed by atoms with van der Waals surface area (Å²) in [7, 11) is 0. The van der Waals surface area contributed by atoms with Crippen LogP contribution in [-0.2, 0) is 0 Å². The highest BCUT2D eigenvalue weighted by molar-refractivity contribution is 6.30. The molecule has 3 nitrogen and oxygen atoms in total. The lowest BCUT2D eigenvalue weighted by Crippen LogP contribution is -2.23. The van der Waals surface area contributed by atoms with E-state index in [0.717, 1.165) is 24.3 Å². The van der Waals surface area contributed by atoms with Crippen molar-refractivity contribution in [1.29, 1.82) is 0 Å². The average molecular weight is 241 g/mol. The van der Waals surface area contributed by atoms with Gasteiger partial charge in [-0.3, -0.25) is 0 Å². The smallest absolute Gasteiger partial charge is 0.221 e. The maximum Gasteiger partial charge on any atom is 0.221 e. The molecule has 88 valence electrons. The Morgan fingerprint density at radius 2 is 1.94 bits per heavy atom. The highest BCUT2D eigenvalue weighted by atomic mass is 35.5. The van der Waals surface area contributed by atoms with Crippen molar-refractivity contribution in [3.8, 4) is 5.88 Å². The van der Waals surface area contributed by atoms with Gasteiger partial charge in [-0.2, -0.15) is 0 Å². The van der Waals surface area contributed by atoms with Gasteiger partial charge in [0.1, 0.15) is 17.6 Å². The molecule has 0 aliphatic heterocycles. The molecule has 1 fully saturated rings. The van der Waals surface area contributed by atoms with Gasteiger partial charge in [-0.25, -0.2) is 9.97 Å². The van der Waals surface area contributed by atoms with Crippen molar-refractivity contribution in [3.63, 3.8) is 0 Å². The minimum atomic E-state index is 0.292. The first-order chi connectivity index (χ1) is 7.66. The van der Waals surface area contributed by atoms with E-state index in [-0.39, 0.29) is 0 Å². The molecule has 0 aromatic carbocycles. The molecule has 1 heterocycles. The van der Waals surface area contributed by atoms with Crippen LogP contribution in [0.2, 0.25) is 5.15 Å².